The van der Waals surface area contributed by atoms with Crippen molar-refractivity contribution in [1.82, 2.24) is 20.0 Å². The second-order valence-electron chi connectivity index (χ2n) is 5.37. The molecule has 1 aliphatic heterocycles. The standard InChI is InChI=1S/C13H20N4O3/c1-9-10(8-15-16(9)3)7-14-12(20)17-6-4-5-13(17,2)11(18)19/h8H,4-7H2,1-3H3,(H,14,20)(H,18,19). The quantitative estimate of drug-likeness (QED) is 0.860. The Kier molecular flexibility index (Phi) is 3.69. The van der Waals surface area contributed by atoms with Crippen molar-refractivity contribution >= 4 is 12.0 Å². The fourth-order valence-electron chi connectivity index (χ4n) is 2.50. The predicted molar refractivity (Wildman–Crippen MR) is 72.2 cm³/mol. The highest BCUT2D eigenvalue weighted by Gasteiger charge is 2.45. The molecule has 0 bridgehead atoms. The molecule has 0 saturated carbocycles. The molecule has 2 heterocycles. The minimum Gasteiger partial charge on any atom is -0.480 e. The number of amides is 2. The van der Waals surface area contributed by atoms with Gasteiger partial charge in [-0.3, -0.25) is 4.68 Å². The molecular formula is C13H20N4O3. The van der Waals surface area contributed by atoms with Gasteiger partial charge in [0.05, 0.1) is 6.20 Å². The second-order valence-corrected chi connectivity index (χ2v) is 5.37. The summed E-state index contributed by atoms with van der Waals surface area (Å²) in [5.74, 6) is -0.956. The van der Waals surface area contributed by atoms with E-state index >= 15 is 0 Å². The van der Waals surface area contributed by atoms with Crippen molar-refractivity contribution in [3.8, 4) is 0 Å². The SMILES string of the molecule is Cc1c(CNC(=O)N2CCCC2(C)C(=O)O)cnn1C. The van der Waals surface area contributed by atoms with E-state index in [1.54, 1.807) is 17.8 Å². The van der Waals surface area contributed by atoms with E-state index in [9.17, 15) is 14.7 Å². The number of urea groups is 1. The van der Waals surface area contributed by atoms with Gasteiger partial charge in [-0.05, 0) is 26.7 Å². The number of carbonyl (C=O) groups excluding carboxylic acids is 1. The van der Waals surface area contributed by atoms with Gasteiger partial charge in [0.1, 0.15) is 5.54 Å². The molecule has 1 saturated heterocycles. The number of aromatic nitrogens is 2. The molecule has 2 amide bonds. The average Bonchev–Trinajstić information content (AvgIpc) is 2.93. The molecule has 7 nitrogen and oxygen atoms in total. The van der Waals surface area contributed by atoms with Gasteiger partial charge in [-0.2, -0.15) is 5.10 Å². The summed E-state index contributed by atoms with van der Waals surface area (Å²) in [6, 6.07) is -0.337. The molecule has 110 valence electrons. The largest absolute Gasteiger partial charge is 0.480 e. The third kappa shape index (κ3) is 2.35. The molecule has 0 radical (unpaired) electrons. The van der Waals surface area contributed by atoms with Crippen LogP contribution in [0.15, 0.2) is 6.20 Å². The Balaban J connectivity index is 2.02. The van der Waals surface area contributed by atoms with E-state index in [1.807, 2.05) is 14.0 Å². The zero-order chi connectivity index (χ0) is 14.9. The van der Waals surface area contributed by atoms with E-state index in [0.717, 1.165) is 11.3 Å². The molecule has 1 aliphatic rings. The summed E-state index contributed by atoms with van der Waals surface area (Å²) in [6.45, 7) is 4.34. The Morgan fingerprint density at radius 2 is 2.25 bits per heavy atom. The van der Waals surface area contributed by atoms with E-state index in [0.29, 0.717) is 25.9 Å². The van der Waals surface area contributed by atoms with Crippen molar-refractivity contribution in [3.63, 3.8) is 0 Å². The number of hydrogen-bond acceptors (Lipinski definition) is 3. The topological polar surface area (TPSA) is 87.5 Å². The lowest BCUT2D eigenvalue weighted by Gasteiger charge is -2.31. The Morgan fingerprint density at radius 1 is 1.55 bits per heavy atom. The number of carboxylic acid groups (broad SMARTS) is 1. The van der Waals surface area contributed by atoms with Crippen LogP contribution in [0.25, 0.3) is 0 Å². The van der Waals surface area contributed by atoms with Gasteiger partial charge in [0.25, 0.3) is 0 Å². The number of nitrogens with zero attached hydrogens (tertiary/aromatic N) is 3. The molecular weight excluding hydrogens is 260 g/mol. The van der Waals surface area contributed by atoms with Crippen LogP contribution in [0.3, 0.4) is 0 Å². The van der Waals surface area contributed by atoms with Crippen molar-refractivity contribution in [2.24, 2.45) is 7.05 Å². The van der Waals surface area contributed by atoms with E-state index in [4.69, 9.17) is 0 Å². The summed E-state index contributed by atoms with van der Waals surface area (Å²) in [6.07, 6.45) is 2.90. The lowest BCUT2D eigenvalue weighted by atomic mass is 10.00. The van der Waals surface area contributed by atoms with Crippen LogP contribution in [0.2, 0.25) is 0 Å². The lowest BCUT2D eigenvalue weighted by Crippen LogP contribution is -2.53. The third-order valence-corrected chi connectivity index (χ3v) is 4.11. The number of carbonyl (C=O) groups is 2. The highest BCUT2D eigenvalue weighted by atomic mass is 16.4. The van der Waals surface area contributed by atoms with Gasteiger partial charge < -0.3 is 15.3 Å². The first-order chi connectivity index (χ1) is 9.36. The van der Waals surface area contributed by atoms with Crippen LogP contribution in [0.4, 0.5) is 4.79 Å². The minimum atomic E-state index is -1.10. The lowest BCUT2D eigenvalue weighted by molar-refractivity contribution is -0.147. The first-order valence-corrected chi connectivity index (χ1v) is 6.62. The van der Waals surface area contributed by atoms with E-state index in [-0.39, 0.29) is 6.03 Å². The first kappa shape index (κ1) is 14.4. The molecule has 7 heteroatoms. The molecule has 1 aromatic rings. The fraction of sp³-hybridized carbons (Fsp3) is 0.615. The highest BCUT2D eigenvalue weighted by molar-refractivity contribution is 5.86. The molecule has 20 heavy (non-hydrogen) atoms. The maximum atomic E-state index is 12.2. The summed E-state index contributed by atoms with van der Waals surface area (Å²) in [5.41, 5.74) is 0.804. The van der Waals surface area contributed by atoms with E-state index < -0.39 is 11.5 Å². The molecule has 0 spiro atoms. The minimum absolute atomic E-state index is 0.337. The number of likely N-dealkylation sites (tertiary alicyclic amines) is 1. The molecule has 1 aromatic heterocycles. The smallest absolute Gasteiger partial charge is 0.329 e. The van der Waals surface area contributed by atoms with E-state index in [2.05, 4.69) is 10.4 Å². The van der Waals surface area contributed by atoms with Gasteiger partial charge in [-0.25, -0.2) is 9.59 Å². The van der Waals surface area contributed by atoms with Crippen LogP contribution in [0, 0.1) is 6.92 Å². The van der Waals surface area contributed by atoms with Crippen LogP contribution in [0.5, 0.6) is 0 Å². The Morgan fingerprint density at radius 3 is 2.80 bits per heavy atom. The molecule has 2 rings (SSSR count). The number of carboxylic acids is 1. The monoisotopic (exact) mass is 280 g/mol. The average molecular weight is 280 g/mol. The summed E-state index contributed by atoms with van der Waals surface area (Å²) in [7, 11) is 1.84. The number of aliphatic carboxylic acids is 1. The molecule has 0 aromatic carbocycles. The zero-order valence-corrected chi connectivity index (χ0v) is 12.0. The third-order valence-electron chi connectivity index (χ3n) is 4.11. The van der Waals surface area contributed by atoms with Crippen molar-refractivity contribution < 1.29 is 14.7 Å². The van der Waals surface area contributed by atoms with E-state index in [1.165, 1.54) is 4.90 Å². The Bertz CT molecular complexity index is 540. The van der Waals surface area contributed by atoms with Crippen LogP contribution in [0.1, 0.15) is 31.0 Å². The van der Waals surface area contributed by atoms with Crippen LogP contribution in [-0.4, -0.2) is 43.9 Å². The fourth-order valence-corrected chi connectivity index (χ4v) is 2.50. The van der Waals surface area contributed by atoms with Crippen molar-refractivity contribution in [3.05, 3.63) is 17.5 Å². The Hall–Kier alpha value is -2.05. The van der Waals surface area contributed by atoms with Crippen LogP contribution < -0.4 is 5.32 Å². The summed E-state index contributed by atoms with van der Waals surface area (Å²) < 4.78 is 1.73. The summed E-state index contributed by atoms with van der Waals surface area (Å²) in [5, 5.41) is 16.2. The maximum Gasteiger partial charge on any atom is 0.329 e. The summed E-state index contributed by atoms with van der Waals surface area (Å²) >= 11 is 0. The van der Waals surface area contributed by atoms with Gasteiger partial charge in [-0.1, -0.05) is 0 Å². The van der Waals surface area contributed by atoms with Crippen molar-refractivity contribution in [2.75, 3.05) is 6.54 Å². The highest BCUT2D eigenvalue weighted by Crippen LogP contribution is 2.29. The van der Waals surface area contributed by atoms with Gasteiger partial charge in [0.2, 0.25) is 0 Å². The summed E-state index contributed by atoms with van der Waals surface area (Å²) in [4.78, 5) is 24.9. The molecule has 0 aliphatic carbocycles. The van der Waals surface area contributed by atoms with Gasteiger partial charge in [-0.15, -0.1) is 0 Å². The Labute approximate surface area is 117 Å². The first-order valence-electron chi connectivity index (χ1n) is 6.62. The normalized spacial score (nSPS) is 22.1. The van der Waals surface area contributed by atoms with Crippen molar-refractivity contribution in [1.29, 1.82) is 0 Å². The molecule has 2 N–H and O–H groups in total. The van der Waals surface area contributed by atoms with Crippen LogP contribution >= 0.6 is 0 Å². The van der Waals surface area contributed by atoms with Gasteiger partial charge in [0.15, 0.2) is 0 Å². The number of nitrogens with one attached hydrogen (secondary N) is 1. The maximum absolute atomic E-state index is 12.2. The van der Waals surface area contributed by atoms with Gasteiger partial charge in [0, 0.05) is 31.4 Å². The number of aryl methyl sites for hydroxylation is 1. The second kappa shape index (κ2) is 5.15. The molecule has 1 atom stereocenters. The zero-order valence-electron chi connectivity index (χ0n) is 12.0. The van der Waals surface area contributed by atoms with Gasteiger partial charge >= 0.3 is 12.0 Å². The number of rotatable bonds is 3. The predicted octanol–water partition coefficient (Wildman–Crippen LogP) is 0.877. The molecule has 1 unspecified atom stereocenters. The van der Waals surface area contributed by atoms with Crippen LogP contribution in [-0.2, 0) is 18.4 Å². The number of hydrogen-bond donors (Lipinski definition) is 2. The molecule has 1 fully saturated rings. The van der Waals surface area contributed by atoms with Crippen molar-refractivity contribution in [2.45, 2.75) is 38.8 Å².